The van der Waals surface area contributed by atoms with Crippen LogP contribution in [-0.4, -0.2) is 42.0 Å². The fourth-order valence-electron chi connectivity index (χ4n) is 2.09. The van der Waals surface area contributed by atoms with Crippen molar-refractivity contribution in [3.63, 3.8) is 0 Å². The summed E-state index contributed by atoms with van der Waals surface area (Å²) in [6.45, 7) is 5.68. The molecule has 2 N–H and O–H groups in total. The quantitative estimate of drug-likeness (QED) is 0.252. The van der Waals surface area contributed by atoms with Crippen LogP contribution in [0.15, 0.2) is 47.7 Å². The maximum atomic E-state index is 5.93. The third kappa shape index (κ3) is 8.97. The van der Waals surface area contributed by atoms with Gasteiger partial charge in [0, 0.05) is 37.1 Å². The van der Waals surface area contributed by atoms with Gasteiger partial charge in [-0.1, -0.05) is 17.7 Å². The lowest BCUT2D eigenvalue weighted by molar-refractivity contribution is 0.322. The topological polar surface area (TPSA) is 63.5 Å². The minimum Gasteiger partial charge on any atom is -0.492 e. The Morgan fingerprint density at radius 1 is 1.32 bits per heavy atom. The van der Waals surface area contributed by atoms with Crippen molar-refractivity contribution in [3.05, 3.63) is 47.7 Å². The zero-order chi connectivity index (χ0) is 17.0. The lowest BCUT2D eigenvalue weighted by Gasteiger charge is -2.12. The fourth-order valence-corrected chi connectivity index (χ4v) is 2.27. The minimum atomic E-state index is 0. The summed E-state index contributed by atoms with van der Waals surface area (Å²) in [4.78, 5) is 4.55. The third-order valence-corrected chi connectivity index (χ3v) is 3.41. The van der Waals surface area contributed by atoms with E-state index in [9.17, 15) is 0 Å². The number of rotatable bonds is 9. The molecule has 138 valence electrons. The van der Waals surface area contributed by atoms with Gasteiger partial charge < -0.3 is 15.4 Å². The first-order chi connectivity index (χ1) is 11.8. The standard InChI is InChI=1S/C17H24ClN5O.HI/c1-2-19-17(20-8-4-11-23-12-5-9-22-23)21-10-13-24-16-7-3-6-15(18)14-16;/h3,5-7,9,12,14H,2,4,8,10-11,13H2,1H3,(H2,19,20,21);1H. The highest BCUT2D eigenvalue weighted by Gasteiger charge is 1.98. The molecule has 0 fully saturated rings. The van der Waals surface area contributed by atoms with Crippen LogP contribution in [-0.2, 0) is 6.54 Å². The molecule has 0 bridgehead atoms. The predicted molar refractivity (Wildman–Crippen MR) is 113 cm³/mol. The Balaban J connectivity index is 0.00000312. The van der Waals surface area contributed by atoms with Crippen molar-refractivity contribution in [2.24, 2.45) is 4.99 Å². The lowest BCUT2D eigenvalue weighted by Crippen LogP contribution is -2.39. The summed E-state index contributed by atoms with van der Waals surface area (Å²) in [5.41, 5.74) is 0. The summed E-state index contributed by atoms with van der Waals surface area (Å²) < 4.78 is 7.56. The Hall–Kier alpha value is -1.48. The molecule has 0 saturated carbocycles. The van der Waals surface area contributed by atoms with Gasteiger partial charge in [0.25, 0.3) is 0 Å². The Morgan fingerprint density at radius 2 is 2.20 bits per heavy atom. The molecule has 0 spiro atoms. The van der Waals surface area contributed by atoms with E-state index < -0.39 is 0 Å². The zero-order valence-electron chi connectivity index (χ0n) is 14.3. The first kappa shape index (κ1) is 21.6. The SMILES string of the molecule is CCNC(=NCCCn1cccn1)NCCOc1cccc(Cl)c1.I. The van der Waals surface area contributed by atoms with Gasteiger partial charge in [0.1, 0.15) is 12.4 Å². The lowest BCUT2D eigenvalue weighted by atomic mass is 10.3. The summed E-state index contributed by atoms with van der Waals surface area (Å²) in [5, 5.41) is 11.3. The van der Waals surface area contributed by atoms with Gasteiger partial charge in [-0.05, 0) is 37.6 Å². The molecule has 0 atom stereocenters. The number of aromatic nitrogens is 2. The summed E-state index contributed by atoms with van der Waals surface area (Å²) >= 11 is 5.93. The monoisotopic (exact) mass is 477 g/mol. The van der Waals surface area contributed by atoms with E-state index in [0.29, 0.717) is 18.2 Å². The van der Waals surface area contributed by atoms with E-state index in [1.165, 1.54) is 0 Å². The van der Waals surface area contributed by atoms with Crippen LogP contribution in [0.3, 0.4) is 0 Å². The summed E-state index contributed by atoms with van der Waals surface area (Å²) in [5.74, 6) is 1.57. The van der Waals surface area contributed by atoms with Crippen LogP contribution < -0.4 is 15.4 Å². The van der Waals surface area contributed by atoms with Crippen LogP contribution in [0.4, 0.5) is 0 Å². The molecule has 0 amide bonds. The number of aliphatic imine (C=N–C) groups is 1. The molecule has 6 nitrogen and oxygen atoms in total. The van der Waals surface area contributed by atoms with Gasteiger partial charge in [0.15, 0.2) is 5.96 Å². The van der Waals surface area contributed by atoms with Crippen molar-refractivity contribution in [2.45, 2.75) is 19.9 Å². The molecule has 2 rings (SSSR count). The highest BCUT2D eigenvalue weighted by atomic mass is 127. The Labute approximate surface area is 171 Å². The number of guanidine groups is 1. The van der Waals surface area contributed by atoms with E-state index >= 15 is 0 Å². The van der Waals surface area contributed by atoms with Crippen molar-refractivity contribution in [3.8, 4) is 5.75 Å². The molecule has 0 radical (unpaired) electrons. The smallest absolute Gasteiger partial charge is 0.191 e. The highest BCUT2D eigenvalue weighted by molar-refractivity contribution is 14.0. The molecule has 25 heavy (non-hydrogen) atoms. The number of ether oxygens (including phenoxy) is 1. The van der Waals surface area contributed by atoms with E-state index in [2.05, 4.69) is 20.7 Å². The molecular weight excluding hydrogens is 453 g/mol. The number of aryl methyl sites for hydroxylation is 1. The summed E-state index contributed by atoms with van der Waals surface area (Å²) in [7, 11) is 0. The van der Waals surface area contributed by atoms with E-state index in [1.54, 1.807) is 12.3 Å². The van der Waals surface area contributed by atoms with Gasteiger partial charge in [-0.2, -0.15) is 5.10 Å². The molecular formula is C17H25ClIN5O. The third-order valence-electron chi connectivity index (χ3n) is 3.18. The molecule has 0 saturated heterocycles. The summed E-state index contributed by atoms with van der Waals surface area (Å²) in [6.07, 6.45) is 4.69. The number of nitrogens with zero attached hydrogens (tertiary/aromatic N) is 3. The van der Waals surface area contributed by atoms with Crippen LogP contribution in [0.1, 0.15) is 13.3 Å². The maximum Gasteiger partial charge on any atom is 0.191 e. The second-order valence-electron chi connectivity index (χ2n) is 5.12. The van der Waals surface area contributed by atoms with Crippen molar-refractivity contribution in [1.29, 1.82) is 0 Å². The Morgan fingerprint density at radius 3 is 2.92 bits per heavy atom. The fraction of sp³-hybridized carbons (Fsp3) is 0.412. The molecule has 8 heteroatoms. The number of hydrogen-bond acceptors (Lipinski definition) is 3. The molecule has 0 unspecified atom stereocenters. The van der Waals surface area contributed by atoms with Gasteiger partial charge in [-0.25, -0.2) is 0 Å². The van der Waals surface area contributed by atoms with Crippen molar-refractivity contribution < 1.29 is 4.74 Å². The van der Waals surface area contributed by atoms with E-state index in [1.807, 2.05) is 42.1 Å². The van der Waals surface area contributed by atoms with Gasteiger partial charge in [-0.15, -0.1) is 24.0 Å². The molecule has 1 aromatic heterocycles. The minimum absolute atomic E-state index is 0. The van der Waals surface area contributed by atoms with Crippen LogP contribution in [0.2, 0.25) is 5.02 Å². The number of nitrogens with one attached hydrogen (secondary N) is 2. The largest absolute Gasteiger partial charge is 0.492 e. The van der Waals surface area contributed by atoms with Crippen LogP contribution >= 0.6 is 35.6 Å². The second-order valence-corrected chi connectivity index (χ2v) is 5.55. The van der Waals surface area contributed by atoms with Crippen LogP contribution in [0.5, 0.6) is 5.75 Å². The number of halogens is 2. The van der Waals surface area contributed by atoms with Crippen LogP contribution in [0.25, 0.3) is 0 Å². The zero-order valence-corrected chi connectivity index (χ0v) is 17.4. The van der Waals surface area contributed by atoms with Crippen molar-refractivity contribution in [2.75, 3.05) is 26.2 Å². The molecule has 1 heterocycles. The Kier molecular flexibility index (Phi) is 11.1. The van der Waals surface area contributed by atoms with E-state index in [4.69, 9.17) is 16.3 Å². The van der Waals surface area contributed by atoms with Gasteiger partial charge in [-0.3, -0.25) is 9.67 Å². The van der Waals surface area contributed by atoms with Crippen molar-refractivity contribution in [1.82, 2.24) is 20.4 Å². The Bertz CT molecular complexity index is 621. The van der Waals surface area contributed by atoms with E-state index in [-0.39, 0.29) is 24.0 Å². The van der Waals surface area contributed by atoms with Crippen LogP contribution in [0, 0.1) is 0 Å². The van der Waals surface area contributed by atoms with E-state index in [0.717, 1.165) is 37.8 Å². The molecule has 1 aromatic carbocycles. The normalized spacial score (nSPS) is 10.9. The first-order valence-electron chi connectivity index (χ1n) is 8.16. The van der Waals surface area contributed by atoms with Gasteiger partial charge in [0.05, 0.1) is 6.54 Å². The van der Waals surface area contributed by atoms with Gasteiger partial charge >= 0.3 is 0 Å². The van der Waals surface area contributed by atoms with Crippen molar-refractivity contribution >= 4 is 41.5 Å². The molecule has 2 aromatic rings. The summed E-state index contributed by atoms with van der Waals surface area (Å²) in [6, 6.07) is 9.31. The average molecular weight is 478 g/mol. The predicted octanol–water partition coefficient (Wildman–Crippen LogP) is 3.18. The molecule has 0 aliphatic heterocycles. The number of hydrogen-bond donors (Lipinski definition) is 2. The maximum absolute atomic E-state index is 5.93. The van der Waals surface area contributed by atoms with Gasteiger partial charge in [0.2, 0.25) is 0 Å². The molecule has 0 aliphatic rings. The molecule has 0 aliphatic carbocycles. The highest BCUT2D eigenvalue weighted by Crippen LogP contribution is 2.16. The first-order valence-corrected chi connectivity index (χ1v) is 8.53. The number of benzene rings is 1. The second kappa shape index (κ2) is 12.8. The average Bonchev–Trinajstić information content (AvgIpc) is 3.09.